The van der Waals surface area contributed by atoms with E-state index in [1.54, 1.807) is 7.11 Å². The number of hydrogen-bond donors (Lipinski definition) is 1. The second-order valence-corrected chi connectivity index (χ2v) is 5.14. The van der Waals surface area contributed by atoms with Gasteiger partial charge in [-0.05, 0) is 48.4 Å². The van der Waals surface area contributed by atoms with E-state index in [1.807, 2.05) is 18.2 Å². The molecule has 2 aromatic rings. The minimum absolute atomic E-state index is 0.785. The van der Waals surface area contributed by atoms with Gasteiger partial charge in [0.25, 0.3) is 0 Å². The Balaban J connectivity index is 2.06. The van der Waals surface area contributed by atoms with Crippen molar-refractivity contribution in [3.05, 3.63) is 58.1 Å². The zero-order chi connectivity index (χ0) is 13.0. The number of rotatable bonds is 4. The highest BCUT2D eigenvalue weighted by Crippen LogP contribution is 2.20. The van der Waals surface area contributed by atoms with E-state index in [1.165, 1.54) is 11.1 Å². The third-order valence-corrected chi connectivity index (χ3v) is 3.13. The number of benzene rings is 2. The first kappa shape index (κ1) is 13.0. The van der Waals surface area contributed by atoms with E-state index in [-0.39, 0.29) is 0 Å². The van der Waals surface area contributed by atoms with Gasteiger partial charge in [-0.15, -0.1) is 0 Å². The van der Waals surface area contributed by atoms with Crippen molar-refractivity contribution in [2.24, 2.45) is 0 Å². The van der Waals surface area contributed by atoms with Crippen LogP contribution in [0.5, 0.6) is 5.75 Å². The Morgan fingerprint density at radius 2 is 2.00 bits per heavy atom. The molecule has 0 aliphatic rings. The summed E-state index contributed by atoms with van der Waals surface area (Å²) in [6, 6.07) is 14.4. The fourth-order valence-electron chi connectivity index (χ4n) is 1.82. The zero-order valence-electron chi connectivity index (χ0n) is 10.5. The first-order chi connectivity index (χ1) is 8.67. The van der Waals surface area contributed by atoms with Crippen LogP contribution in [0.15, 0.2) is 46.9 Å². The average molecular weight is 306 g/mol. The lowest BCUT2D eigenvalue weighted by atomic mass is 10.2. The van der Waals surface area contributed by atoms with E-state index in [4.69, 9.17) is 4.74 Å². The smallest absolute Gasteiger partial charge is 0.119 e. The van der Waals surface area contributed by atoms with Crippen LogP contribution in [0.25, 0.3) is 0 Å². The third kappa shape index (κ3) is 3.50. The maximum Gasteiger partial charge on any atom is 0.119 e. The summed E-state index contributed by atoms with van der Waals surface area (Å²) in [6.45, 7) is 2.87. The van der Waals surface area contributed by atoms with Gasteiger partial charge in [-0.25, -0.2) is 0 Å². The predicted octanol–water partition coefficient (Wildman–Crippen LogP) is 4.38. The molecular formula is C15H16BrNO. The molecule has 3 heteroatoms. The molecule has 1 N–H and O–H groups in total. The van der Waals surface area contributed by atoms with Crippen molar-refractivity contribution in [2.75, 3.05) is 12.4 Å². The lowest BCUT2D eigenvalue weighted by Crippen LogP contribution is -2.00. The summed E-state index contributed by atoms with van der Waals surface area (Å²) in [5.41, 5.74) is 3.55. The fraction of sp³-hybridized carbons (Fsp3) is 0.200. The van der Waals surface area contributed by atoms with Crippen LogP contribution in [-0.4, -0.2) is 7.11 Å². The average Bonchev–Trinajstić information content (AvgIpc) is 2.35. The molecule has 0 heterocycles. The molecule has 0 bridgehead atoms. The molecule has 0 radical (unpaired) electrons. The Hall–Kier alpha value is -1.48. The van der Waals surface area contributed by atoms with Crippen LogP contribution >= 0.6 is 15.9 Å². The van der Waals surface area contributed by atoms with Crippen LogP contribution in [0, 0.1) is 6.92 Å². The van der Waals surface area contributed by atoms with Crippen molar-refractivity contribution in [1.82, 2.24) is 0 Å². The monoisotopic (exact) mass is 305 g/mol. The Kier molecular flexibility index (Phi) is 4.26. The van der Waals surface area contributed by atoms with Crippen LogP contribution in [0.4, 0.5) is 5.69 Å². The molecule has 2 nitrogen and oxygen atoms in total. The summed E-state index contributed by atoms with van der Waals surface area (Å²) >= 11 is 3.50. The van der Waals surface area contributed by atoms with Crippen LogP contribution < -0.4 is 10.1 Å². The second kappa shape index (κ2) is 5.91. The zero-order valence-corrected chi connectivity index (χ0v) is 12.1. The minimum Gasteiger partial charge on any atom is -0.497 e. The van der Waals surface area contributed by atoms with Crippen molar-refractivity contribution in [1.29, 1.82) is 0 Å². The quantitative estimate of drug-likeness (QED) is 0.905. The number of anilines is 1. The van der Waals surface area contributed by atoms with Gasteiger partial charge in [0, 0.05) is 16.7 Å². The molecule has 0 atom stereocenters. The number of methoxy groups -OCH3 is 1. The van der Waals surface area contributed by atoms with E-state index in [0.29, 0.717) is 0 Å². The van der Waals surface area contributed by atoms with E-state index in [2.05, 4.69) is 52.4 Å². The summed E-state index contributed by atoms with van der Waals surface area (Å²) in [4.78, 5) is 0. The molecule has 2 rings (SSSR count). The van der Waals surface area contributed by atoms with Gasteiger partial charge in [-0.1, -0.05) is 28.1 Å². The van der Waals surface area contributed by atoms with Crippen LogP contribution in [0.1, 0.15) is 11.1 Å². The van der Waals surface area contributed by atoms with Gasteiger partial charge in [0.2, 0.25) is 0 Å². The Labute approximate surface area is 116 Å². The summed E-state index contributed by atoms with van der Waals surface area (Å²) in [7, 11) is 1.68. The molecule has 18 heavy (non-hydrogen) atoms. The summed E-state index contributed by atoms with van der Waals surface area (Å²) in [5, 5.41) is 3.41. The van der Waals surface area contributed by atoms with E-state index < -0.39 is 0 Å². The normalized spacial score (nSPS) is 10.2. The van der Waals surface area contributed by atoms with Gasteiger partial charge < -0.3 is 10.1 Å². The lowest BCUT2D eigenvalue weighted by molar-refractivity contribution is 0.414. The maximum atomic E-state index is 5.21. The number of ether oxygens (including phenoxy) is 1. The molecule has 0 saturated carbocycles. The molecular weight excluding hydrogens is 290 g/mol. The molecule has 94 valence electrons. The Morgan fingerprint density at radius 1 is 1.17 bits per heavy atom. The summed E-state index contributed by atoms with van der Waals surface area (Å²) < 4.78 is 6.30. The highest BCUT2D eigenvalue weighted by molar-refractivity contribution is 9.10. The van der Waals surface area contributed by atoms with Crippen molar-refractivity contribution in [3.63, 3.8) is 0 Å². The molecule has 2 aromatic carbocycles. The maximum absolute atomic E-state index is 5.21. The first-order valence-corrected chi connectivity index (χ1v) is 6.60. The number of aryl methyl sites for hydroxylation is 1. The number of halogens is 1. The van der Waals surface area contributed by atoms with Gasteiger partial charge in [-0.2, -0.15) is 0 Å². The highest BCUT2D eigenvalue weighted by Gasteiger charge is 1.98. The topological polar surface area (TPSA) is 21.3 Å². The molecule has 0 aromatic heterocycles. The van der Waals surface area contributed by atoms with E-state index >= 15 is 0 Å². The van der Waals surface area contributed by atoms with Crippen molar-refractivity contribution in [3.8, 4) is 5.75 Å². The van der Waals surface area contributed by atoms with Gasteiger partial charge in [0.15, 0.2) is 0 Å². The third-order valence-electron chi connectivity index (χ3n) is 2.67. The Morgan fingerprint density at radius 3 is 2.72 bits per heavy atom. The number of nitrogens with one attached hydrogen (secondary N) is 1. The molecule has 0 saturated heterocycles. The SMILES string of the molecule is COc1cccc(CNc2cc(C)cc(Br)c2)c1. The number of hydrogen-bond acceptors (Lipinski definition) is 2. The first-order valence-electron chi connectivity index (χ1n) is 5.81. The summed E-state index contributed by atoms with van der Waals surface area (Å²) in [5.74, 6) is 0.889. The van der Waals surface area contributed by atoms with Gasteiger partial charge in [-0.3, -0.25) is 0 Å². The molecule has 0 fully saturated rings. The lowest BCUT2D eigenvalue weighted by Gasteiger charge is -2.09. The van der Waals surface area contributed by atoms with Crippen LogP contribution in [0.2, 0.25) is 0 Å². The Bertz CT molecular complexity index is 520. The van der Waals surface area contributed by atoms with Crippen LogP contribution in [0.3, 0.4) is 0 Å². The molecule has 0 aliphatic heterocycles. The molecule has 0 unspecified atom stereocenters. The fourth-order valence-corrected chi connectivity index (χ4v) is 2.43. The standard InChI is InChI=1S/C15H16BrNO/c1-11-6-13(16)9-14(7-11)17-10-12-4-3-5-15(8-12)18-2/h3-9,17H,10H2,1-2H3. The largest absolute Gasteiger partial charge is 0.497 e. The van der Waals surface area contributed by atoms with E-state index in [0.717, 1.165) is 22.5 Å². The van der Waals surface area contributed by atoms with Crippen molar-refractivity contribution in [2.45, 2.75) is 13.5 Å². The van der Waals surface area contributed by atoms with Gasteiger partial charge in [0.05, 0.1) is 7.11 Å². The van der Waals surface area contributed by atoms with Gasteiger partial charge >= 0.3 is 0 Å². The molecule has 0 amide bonds. The second-order valence-electron chi connectivity index (χ2n) is 4.22. The summed E-state index contributed by atoms with van der Waals surface area (Å²) in [6.07, 6.45) is 0. The van der Waals surface area contributed by atoms with E-state index in [9.17, 15) is 0 Å². The van der Waals surface area contributed by atoms with Gasteiger partial charge in [0.1, 0.15) is 5.75 Å². The van der Waals surface area contributed by atoms with Crippen molar-refractivity contribution >= 4 is 21.6 Å². The predicted molar refractivity (Wildman–Crippen MR) is 79.2 cm³/mol. The highest BCUT2D eigenvalue weighted by atomic mass is 79.9. The minimum atomic E-state index is 0.785. The molecule has 0 aliphatic carbocycles. The molecule has 0 spiro atoms. The van der Waals surface area contributed by atoms with Crippen LogP contribution in [-0.2, 0) is 6.54 Å². The van der Waals surface area contributed by atoms with Crippen molar-refractivity contribution < 1.29 is 4.74 Å².